The highest BCUT2D eigenvalue weighted by atomic mass is 16.5. The molecule has 2 N–H and O–H groups in total. The molecule has 1 rings (SSSR count). The van der Waals surface area contributed by atoms with Crippen molar-refractivity contribution in [3.63, 3.8) is 0 Å². The Labute approximate surface area is 107 Å². The van der Waals surface area contributed by atoms with Crippen LogP contribution in [0.25, 0.3) is 0 Å². The number of amides is 1. The fourth-order valence-electron chi connectivity index (χ4n) is 1.73. The Balaban J connectivity index is 2.70. The van der Waals surface area contributed by atoms with Crippen LogP contribution < -0.4 is 5.32 Å². The van der Waals surface area contributed by atoms with E-state index in [4.69, 9.17) is 9.84 Å². The Hall–Kier alpha value is -1.40. The minimum absolute atomic E-state index is 0.0138. The molecule has 0 spiro atoms. The number of ether oxygens (including phenoxy) is 1. The number of aromatic nitrogens is 2. The zero-order valence-corrected chi connectivity index (χ0v) is 11.1. The highest BCUT2D eigenvalue weighted by Gasteiger charge is 2.17. The van der Waals surface area contributed by atoms with E-state index in [1.165, 1.54) is 0 Å². The zero-order chi connectivity index (χ0) is 13.5. The van der Waals surface area contributed by atoms with Crippen molar-refractivity contribution in [1.82, 2.24) is 15.1 Å². The van der Waals surface area contributed by atoms with Gasteiger partial charge in [-0.2, -0.15) is 5.10 Å². The van der Waals surface area contributed by atoms with Crippen LogP contribution in [-0.2, 0) is 18.2 Å². The van der Waals surface area contributed by atoms with E-state index < -0.39 is 0 Å². The Morgan fingerprint density at radius 3 is 2.89 bits per heavy atom. The second kappa shape index (κ2) is 7.13. The van der Waals surface area contributed by atoms with Gasteiger partial charge in [0.15, 0.2) is 0 Å². The number of aliphatic hydroxyl groups excluding tert-OH is 1. The molecule has 18 heavy (non-hydrogen) atoms. The van der Waals surface area contributed by atoms with Crippen LogP contribution in [0.1, 0.15) is 29.5 Å². The van der Waals surface area contributed by atoms with Crippen LogP contribution in [0.4, 0.5) is 0 Å². The maximum atomic E-state index is 12.0. The Bertz CT molecular complexity index is 384. The molecule has 0 saturated carbocycles. The van der Waals surface area contributed by atoms with Gasteiger partial charge in [0, 0.05) is 20.8 Å². The second-order valence-electron chi connectivity index (χ2n) is 4.14. The van der Waals surface area contributed by atoms with E-state index in [1.54, 1.807) is 24.9 Å². The lowest BCUT2D eigenvalue weighted by atomic mass is 10.2. The zero-order valence-electron chi connectivity index (χ0n) is 11.1. The number of methoxy groups -OCH3 is 1. The molecule has 6 nitrogen and oxygen atoms in total. The molecule has 1 unspecified atom stereocenters. The van der Waals surface area contributed by atoms with Crippen LogP contribution in [-0.4, -0.2) is 47.2 Å². The summed E-state index contributed by atoms with van der Waals surface area (Å²) >= 11 is 0. The molecule has 1 atom stereocenters. The van der Waals surface area contributed by atoms with Gasteiger partial charge in [-0.25, -0.2) is 0 Å². The van der Waals surface area contributed by atoms with Crippen LogP contribution in [0.15, 0.2) is 6.07 Å². The number of hydrogen-bond donors (Lipinski definition) is 2. The molecule has 1 aromatic rings. The number of rotatable bonds is 7. The standard InChI is InChI=1S/C12H21N3O3/c1-4-9-7-11(15(2)14-9)12(17)13-10(5-6-16)8-18-3/h7,10,16H,4-6,8H2,1-3H3,(H,13,17). The van der Waals surface area contributed by atoms with Gasteiger partial charge < -0.3 is 15.2 Å². The number of carbonyl (C=O) groups is 1. The third-order valence-electron chi connectivity index (χ3n) is 2.71. The van der Waals surface area contributed by atoms with Crippen molar-refractivity contribution in [2.75, 3.05) is 20.3 Å². The Kier molecular flexibility index (Phi) is 5.80. The van der Waals surface area contributed by atoms with Crippen molar-refractivity contribution in [1.29, 1.82) is 0 Å². The third kappa shape index (κ3) is 3.82. The molecule has 6 heteroatoms. The maximum absolute atomic E-state index is 12.0. The average Bonchev–Trinajstić information content (AvgIpc) is 2.71. The predicted molar refractivity (Wildman–Crippen MR) is 67.4 cm³/mol. The summed E-state index contributed by atoms with van der Waals surface area (Å²) in [5.74, 6) is -0.194. The van der Waals surface area contributed by atoms with Gasteiger partial charge in [0.2, 0.25) is 0 Å². The summed E-state index contributed by atoms with van der Waals surface area (Å²) in [6, 6.07) is 1.59. The van der Waals surface area contributed by atoms with Gasteiger partial charge in [-0.1, -0.05) is 6.92 Å². The van der Waals surface area contributed by atoms with E-state index >= 15 is 0 Å². The summed E-state index contributed by atoms with van der Waals surface area (Å²) in [6.45, 7) is 2.38. The molecule has 0 radical (unpaired) electrons. The third-order valence-corrected chi connectivity index (χ3v) is 2.71. The monoisotopic (exact) mass is 255 g/mol. The largest absolute Gasteiger partial charge is 0.396 e. The first-order valence-corrected chi connectivity index (χ1v) is 6.05. The van der Waals surface area contributed by atoms with Crippen molar-refractivity contribution in [3.8, 4) is 0 Å². The van der Waals surface area contributed by atoms with Crippen molar-refractivity contribution < 1.29 is 14.6 Å². The van der Waals surface area contributed by atoms with Gasteiger partial charge in [-0.05, 0) is 18.9 Å². The maximum Gasteiger partial charge on any atom is 0.269 e. The summed E-state index contributed by atoms with van der Waals surface area (Å²) in [4.78, 5) is 12.0. The molecular weight excluding hydrogens is 234 g/mol. The molecule has 0 fully saturated rings. The lowest BCUT2D eigenvalue weighted by molar-refractivity contribution is 0.0869. The molecule has 0 aromatic carbocycles. The van der Waals surface area contributed by atoms with Gasteiger partial charge >= 0.3 is 0 Å². The molecular formula is C12H21N3O3. The predicted octanol–water partition coefficient (Wildman–Crippen LogP) is 0.110. The van der Waals surface area contributed by atoms with Crippen LogP contribution in [0, 0.1) is 0 Å². The first kappa shape index (κ1) is 14.7. The van der Waals surface area contributed by atoms with Gasteiger partial charge in [0.25, 0.3) is 5.91 Å². The fraction of sp³-hybridized carbons (Fsp3) is 0.667. The van der Waals surface area contributed by atoms with Crippen LogP contribution >= 0.6 is 0 Å². The molecule has 0 saturated heterocycles. The first-order chi connectivity index (χ1) is 8.62. The summed E-state index contributed by atoms with van der Waals surface area (Å²) in [6.07, 6.45) is 1.26. The van der Waals surface area contributed by atoms with Gasteiger partial charge in [-0.15, -0.1) is 0 Å². The molecule has 0 aliphatic rings. The summed E-state index contributed by atoms with van der Waals surface area (Å²) in [5.41, 5.74) is 1.40. The molecule has 0 aliphatic carbocycles. The summed E-state index contributed by atoms with van der Waals surface area (Å²) in [7, 11) is 3.31. The van der Waals surface area contributed by atoms with E-state index in [-0.39, 0.29) is 18.6 Å². The Morgan fingerprint density at radius 1 is 1.67 bits per heavy atom. The molecule has 1 amide bonds. The highest BCUT2D eigenvalue weighted by molar-refractivity contribution is 5.92. The van der Waals surface area contributed by atoms with Crippen LogP contribution in [0.5, 0.6) is 0 Å². The van der Waals surface area contributed by atoms with Gasteiger partial charge in [0.1, 0.15) is 5.69 Å². The minimum atomic E-state index is -0.194. The van der Waals surface area contributed by atoms with Crippen molar-refractivity contribution >= 4 is 5.91 Å². The SMILES string of the molecule is CCc1cc(C(=O)NC(CCO)COC)n(C)n1. The summed E-state index contributed by atoms with van der Waals surface area (Å²) in [5, 5.41) is 16.0. The minimum Gasteiger partial charge on any atom is -0.396 e. The second-order valence-corrected chi connectivity index (χ2v) is 4.14. The lowest BCUT2D eigenvalue weighted by Crippen LogP contribution is -2.39. The highest BCUT2D eigenvalue weighted by Crippen LogP contribution is 2.05. The molecule has 0 aliphatic heterocycles. The van der Waals surface area contributed by atoms with Crippen molar-refractivity contribution in [2.45, 2.75) is 25.8 Å². The first-order valence-electron chi connectivity index (χ1n) is 6.05. The average molecular weight is 255 g/mol. The number of aryl methyl sites for hydroxylation is 2. The molecule has 102 valence electrons. The number of nitrogens with zero attached hydrogens (tertiary/aromatic N) is 2. The normalized spacial score (nSPS) is 12.4. The van der Waals surface area contributed by atoms with Crippen molar-refractivity contribution in [3.05, 3.63) is 17.5 Å². The van der Waals surface area contributed by atoms with E-state index in [0.29, 0.717) is 18.7 Å². The number of aliphatic hydroxyl groups is 1. The van der Waals surface area contributed by atoms with Crippen LogP contribution in [0.2, 0.25) is 0 Å². The fourth-order valence-corrected chi connectivity index (χ4v) is 1.73. The number of nitrogens with one attached hydrogen (secondary N) is 1. The van der Waals surface area contributed by atoms with Crippen molar-refractivity contribution in [2.24, 2.45) is 7.05 Å². The van der Waals surface area contributed by atoms with E-state index in [2.05, 4.69) is 10.4 Å². The topological polar surface area (TPSA) is 76.4 Å². The Morgan fingerprint density at radius 2 is 2.39 bits per heavy atom. The molecule has 1 heterocycles. The smallest absolute Gasteiger partial charge is 0.269 e. The molecule has 0 bridgehead atoms. The van der Waals surface area contributed by atoms with Gasteiger partial charge in [-0.3, -0.25) is 9.48 Å². The van der Waals surface area contributed by atoms with E-state index in [0.717, 1.165) is 12.1 Å². The quantitative estimate of drug-likeness (QED) is 0.725. The molecule has 1 aromatic heterocycles. The summed E-state index contributed by atoms with van der Waals surface area (Å²) < 4.78 is 6.57. The lowest BCUT2D eigenvalue weighted by Gasteiger charge is -2.16. The number of hydrogen-bond acceptors (Lipinski definition) is 4. The van der Waals surface area contributed by atoms with Gasteiger partial charge in [0.05, 0.1) is 18.3 Å². The van der Waals surface area contributed by atoms with E-state index in [1.807, 2.05) is 6.92 Å². The van der Waals surface area contributed by atoms with Crippen LogP contribution in [0.3, 0.4) is 0 Å². The number of carbonyl (C=O) groups excluding carboxylic acids is 1. The van der Waals surface area contributed by atoms with E-state index in [9.17, 15) is 4.79 Å².